The maximum atomic E-state index is 4.40. The Balaban J connectivity index is 1.33. The van der Waals surface area contributed by atoms with Gasteiger partial charge in [0.2, 0.25) is 0 Å². The fourth-order valence-electron chi connectivity index (χ4n) is 3.48. The summed E-state index contributed by atoms with van der Waals surface area (Å²) in [5.41, 5.74) is 3.83. The van der Waals surface area contributed by atoms with Crippen molar-refractivity contribution in [1.82, 2.24) is 14.8 Å². The molecule has 2 heterocycles. The van der Waals surface area contributed by atoms with Gasteiger partial charge >= 0.3 is 0 Å². The average molecular weight is 396 g/mol. The summed E-state index contributed by atoms with van der Waals surface area (Å²) in [5.74, 6) is 0. The maximum absolute atomic E-state index is 4.40. The van der Waals surface area contributed by atoms with E-state index in [9.17, 15) is 0 Å². The minimum Gasteiger partial charge on any atom is -0.297 e. The van der Waals surface area contributed by atoms with Crippen molar-refractivity contribution in [3.05, 3.63) is 76.4 Å². The zero-order chi connectivity index (χ0) is 17.1. The van der Waals surface area contributed by atoms with Gasteiger partial charge in [-0.25, -0.2) is 0 Å². The summed E-state index contributed by atoms with van der Waals surface area (Å²) >= 11 is 3.56. The van der Waals surface area contributed by atoms with E-state index in [0.29, 0.717) is 0 Å². The molecule has 128 valence electrons. The number of hydrogen-bond acceptors (Lipinski definition) is 3. The highest BCUT2D eigenvalue weighted by Gasteiger charge is 2.17. The van der Waals surface area contributed by atoms with Crippen molar-refractivity contribution in [2.24, 2.45) is 0 Å². The van der Waals surface area contributed by atoms with Gasteiger partial charge in [0.15, 0.2) is 0 Å². The lowest BCUT2D eigenvalue weighted by Crippen LogP contribution is -2.45. The van der Waals surface area contributed by atoms with Crippen LogP contribution in [-0.4, -0.2) is 41.0 Å². The summed E-state index contributed by atoms with van der Waals surface area (Å²) in [5, 5.41) is 1.23. The first-order valence-corrected chi connectivity index (χ1v) is 9.58. The van der Waals surface area contributed by atoms with Crippen LogP contribution in [0.5, 0.6) is 0 Å². The highest BCUT2D eigenvalue weighted by Crippen LogP contribution is 2.17. The molecule has 1 aliphatic rings. The van der Waals surface area contributed by atoms with Gasteiger partial charge in [0, 0.05) is 55.3 Å². The fraction of sp³-hybridized carbons (Fsp3) is 0.286. The molecule has 0 bridgehead atoms. The lowest BCUT2D eigenvalue weighted by atomic mass is 10.1. The molecule has 0 aliphatic carbocycles. The maximum Gasteiger partial charge on any atom is 0.0702 e. The smallest absolute Gasteiger partial charge is 0.0702 e. The van der Waals surface area contributed by atoms with Crippen molar-refractivity contribution >= 4 is 26.8 Å². The second kappa shape index (κ2) is 7.65. The number of nitrogens with zero attached hydrogens (tertiary/aromatic N) is 3. The average Bonchev–Trinajstić information content (AvgIpc) is 2.63. The molecule has 4 heteroatoms. The quantitative estimate of drug-likeness (QED) is 0.655. The van der Waals surface area contributed by atoms with E-state index in [4.69, 9.17) is 0 Å². The Kier molecular flexibility index (Phi) is 5.11. The molecule has 0 N–H and O–H groups in total. The van der Waals surface area contributed by atoms with Crippen molar-refractivity contribution in [1.29, 1.82) is 0 Å². The molecule has 3 nitrogen and oxygen atoms in total. The molecule has 25 heavy (non-hydrogen) atoms. The normalized spacial score (nSPS) is 16.4. The standard InChI is InChI=1S/C21H22BrN3/c22-20-5-1-3-17(14-20)15-24-9-11-25(12-10-24)16-18-6-7-21-19(13-18)4-2-8-23-21/h1-8,13-14H,9-12,15-16H2. The van der Waals surface area contributed by atoms with E-state index in [1.165, 1.54) is 16.5 Å². The van der Waals surface area contributed by atoms with Crippen molar-refractivity contribution in [3.63, 3.8) is 0 Å². The predicted octanol–water partition coefficient (Wildman–Crippen LogP) is 4.32. The molecular weight excluding hydrogens is 374 g/mol. The number of halogens is 1. The van der Waals surface area contributed by atoms with Crippen LogP contribution in [0.1, 0.15) is 11.1 Å². The Morgan fingerprint density at radius 3 is 2.24 bits per heavy atom. The van der Waals surface area contributed by atoms with E-state index >= 15 is 0 Å². The topological polar surface area (TPSA) is 19.4 Å². The monoisotopic (exact) mass is 395 g/mol. The number of pyridine rings is 1. The van der Waals surface area contributed by atoms with Crippen LogP contribution < -0.4 is 0 Å². The van der Waals surface area contributed by atoms with Gasteiger partial charge in [-0.1, -0.05) is 40.2 Å². The summed E-state index contributed by atoms with van der Waals surface area (Å²) < 4.78 is 1.16. The number of rotatable bonds is 4. The van der Waals surface area contributed by atoms with E-state index in [1.54, 1.807) is 0 Å². The second-order valence-electron chi connectivity index (χ2n) is 6.71. The first kappa shape index (κ1) is 16.7. The number of aromatic nitrogens is 1. The molecule has 3 aromatic rings. The summed E-state index contributed by atoms with van der Waals surface area (Å²) in [6.45, 7) is 6.56. The third-order valence-electron chi connectivity index (χ3n) is 4.83. The van der Waals surface area contributed by atoms with Gasteiger partial charge in [-0.05, 0) is 41.5 Å². The minimum absolute atomic E-state index is 1.02. The summed E-state index contributed by atoms with van der Waals surface area (Å²) in [4.78, 5) is 9.50. The summed E-state index contributed by atoms with van der Waals surface area (Å²) in [6, 6.07) is 19.4. The van der Waals surface area contributed by atoms with Gasteiger partial charge in [-0.15, -0.1) is 0 Å². The van der Waals surface area contributed by atoms with E-state index in [-0.39, 0.29) is 0 Å². The molecule has 4 rings (SSSR count). The van der Waals surface area contributed by atoms with Crippen molar-refractivity contribution in [2.45, 2.75) is 13.1 Å². The van der Waals surface area contributed by atoms with Gasteiger partial charge in [0.1, 0.15) is 0 Å². The first-order chi connectivity index (χ1) is 12.3. The Hall–Kier alpha value is -1.75. The molecule has 0 spiro atoms. The van der Waals surface area contributed by atoms with Crippen LogP contribution in [0.3, 0.4) is 0 Å². The van der Waals surface area contributed by atoms with Crippen molar-refractivity contribution in [3.8, 4) is 0 Å². The molecule has 1 saturated heterocycles. The lowest BCUT2D eigenvalue weighted by molar-refractivity contribution is 0.122. The van der Waals surface area contributed by atoms with Crippen LogP contribution in [0.2, 0.25) is 0 Å². The number of fused-ring (bicyclic) bond motifs is 1. The van der Waals surface area contributed by atoms with Crippen molar-refractivity contribution in [2.75, 3.05) is 26.2 Å². The van der Waals surface area contributed by atoms with Gasteiger partial charge in [0.25, 0.3) is 0 Å². The number of benzene rings is 2. The van der Waals surface area contributed by atoms with E-state index < -0.39 is 0 Å². The van der Waals surface area contributed by atoms with Crippen LogP contribution >= 0.6 is 15.9 Å². The molecule has 1 fully saturated rings. The Labute approximate surface area is 157 Å². The highest BCUT2D eigenvalue weighted by atomic mass is 79.9. The number of piperazine rings is 1. The van der Waals surface area contributed by atoms with Crippen LogP contribution in [0.15, 0.2) is 65.3 Å². The van der Waals surface area contributed by atoms with E-state index in [1.807, 2.05) is 12.3 Å². The van der Waals surface area contributed by atoms with Gasteiger partial charge < -0.3 is 0 Å². The van der Waals surface area contributed by atoms with Crippen LogP contribution in [0, 0.1) is 0 Å². The molecule has 1 aliphatic heterocycles. The predicted molar refractivity (Wildman–Crippen MR) is 106 cm³/mol. The summed E-state index contributed by atoms with van der Waals surface area (Å²) in [6.07, 6.45) is 1.85. The molecule has 0 unspecified atom stereocenters. The molecule has 0 radical (unpaired) electrons. The van der Waals surface area contributed by atoms with E-state index in [2.05, 4.69) is 79.2 Å². The second-order valence-corrected chi connectivity index (χ2v) is 7.63. The van der Waals surface area contributed by atoms with Crippen LogP contribution in [-0.2, 0) is 13.1 Å². The molecule has 1 aromatic heterocycles. The third kappa shape index (κ3) is 4.27. The Morgan fingerprint density at radius 2 is 1.52 bits per heavy atom. The molecule has 2 aromatic carbocycles. The van der Waals surface area contributed by atoms with Crippen LogP contribution in [0.4, 0.5) is 0 Å². The first-order valence-electron chi connectivity index (χ1n) is 8.79. The van der Waals surface area contributed by atoms with Gasteiger partial charge in [-0.3, -0.25) is 14.8 Å². The molecular formula is C21H22BrN3. The lowest BCUT2D eigenvalue weighted by Gasteiger charge is -2.34. The zero-order valence-corrected chi connectivity index (χ0v) is 15.8. The largest absolute Gasteiger partial charge is 0.297 e. The molecule has 0 amide bonds. The Bertz CT molecular complexity index is 856. The minimum atomic E-state index is 1.02. The summed E-state index contributed by atoms with van der Waals surface area (Å²) in [7, 11) is 0. The molecule has 0 saturated carbocycles. The third-order valence-corrected chi connectivity index (χ3v) is 5.33. The van der Waals surface area contributed by atoms with Gasteiger partial charge in [-0.2, -0.15) is 0 Å². The van der Waals surface area contributed by atoms with Crippen molar-refractivity contribution < 1.29 is 0 Å². The van der Waals surface area contributed by atoms with E-state index in [0.717, 1.165) is 49.3 Å². The van der Waals surface area contributed by atoms with Crippen LogP contribution in [0.25, 0.3) is 10.9 Å². The van der Waals surface area contributed by atoms with Gasteiger partial charge in [0.05, 0.1) is 5.52 Å². The highest BCUT2D eigenvalue weighted by molar-refractivity contribution is 9.10. The zero-order valence-electron chi connectivity index (χ0n) is 14.2. The SMILES string of the molecule is Brc1cccc(CN2CCN(Cc3ccc4ncccc4c3)CC2)c1. The molecule has 0 atom stereocenters. The fourth-order valence-corrected chi connectivity index (χ4v) is 3.93. The number of hydrogen-bond donors (Lipinski definition) is 0. The Morgan fingerprint density at radius 1 is 0.800 bits per heavy atom.